The van der Waals surface area contributed by atoms with Crippen molar-refractivity contribution in [3.05, 3.63) is 29.8 Å². The van der Waals surface area contributed by atoms with Gasteiger partial charge in [0.25, 0.3) is 5.91 Å². The minimum atomic E-state index is -3.64. The normalized spacial score (nSPS) is 18.8. The minimum Gasteiger partial charge on any atom is -0.354 e. The summed E-state index contributed by atoms with van der Waals surface area (Å²) in [6.45, 7) is 2.65. The van der Waals surface area contributed by atoms with E-state index >= 15 is 0 Å². The van der Waals surface area contributed by atoms with Crippen LogP contribution in [0.2, 0.25) is 0 Å². The van der Waals surface area contributed by atoms with Crippen molar-refractivity contribution < 1.29 is 18.0 Å². The highest BCUT2D eigenvalue weighted by Crippen LogP contribution is 2.29. The van der Waals surface area contributed by atoms with Gasteiger partial charge in [0.2, 0.25) is 15.9 Å². The molecule has 1 aromatic rings. The highest BCUT2D eigenvalue weighted by atomic mass is 32.2. The van der Waals surface area contributed by atoms with Gasteiger partial charge in [0.15, 0.2) is 0 Å². The van der Waals surface area contributed by atoms with Crippen LogP contribution >= 0.6 is 0 Å². The van der Waals surface area contributed by atoms with Crippen molar-refractivity contribution in [2.75, 3.05) is 6.54 Å². The number of rotatable bonds is 9. The summed E-state index contributed by atoms with van der Waals surface area (Å²) in [6, 6.07) is 6.00. The van der Waals surface area contributed by atoms with Crippen molar-refractivity contribution in [3.8, 4) is 0 Å². The van der Waals surface area contributed by atoms with Crippen LogP contribution in [0.3, 0.4) is 0 Å². The molecule has 0 spiro atoms. The molecule has 29 heavy (non-hydrogen) atoms. The highest BCUT2D eigenvalue weighted by Gasteiger charge is 2.41. The lowest BCUT2D eigenvalue weighted by Crippen LogP contribution is -2.59. The van der Waals surface area contributed by atoms with Crippen LogP contribution in [0, 0.1) is 0 Å². The Hall–Kier alpha value is -1.93. The van der Waals surface area contributed by atoms with Gasteiger partial charge in [-0.15, -0.1) is 0 Å². The van der Waals surface area contributed by atoms with E-state index < -0.39 is 21.5 Å². The van der Waals surface area contributed by atoms with Crippen molar-refractivity contribution >= 4 is 21.8 Å². The van der Waals surface area contributed by atoms with Crippen LogP contribution in [0.1, 0.15) is 75.1 Å². The van der Waals surface area contributed by atoms with E-state index in [4.69, 9.17) is 0 Å². The molecule has 0 radical (unpaired) electrons. The van der Waals surface area contributed by atoms with Crippen molar-refractivity contribution in [3.63, 3.8) is 0 Å². The molecule has 3 rings (SSSR count). The number of benzene rings is 1. The Bertz CT molecular complexity index is 843. The molecular weight excluding hydrogens is 390 g/mol. The van der Waals surface area contributed by atoms with E-state index in [2.05, 4.69) is 22.3 Å². The Morgan fingerprint density at radius 2 is 1.86 bits per heavy atom. The molecule has 2 aliphatic carbocycles. The summed E-state index contributed by atoms with van der Waals surface area (Å²) in [5.74, 6) is -0.556. The Morgan fingerprint density at radius 1 is 1.14 bits per heavy atom. The first kappa shape index (κ1) is 21.8. The second kappa shape index (κ2) is 9.26. The van der Waals surface area contributed by atoms with E-state index in [1.54, 1.807) is 12.1 Å². The molecule has 160 valence electrons. The van der Waals surface area contributed by atoms with Gasteiger partial charge in [-0.1, -0.05) is 38.7 Å². The van der Waals surface area contributed by atoms with Gasteiger partial charge in [-0.3, -0.25) is 9.59 Å². The molecule has 2 amide bonds. The zero-order valence-electron chi connectivity index (χ0n) is 17.0. The fourth-order valence-corrected chi connectivity index (χ4v) is 5.05. The Balaban J connectivity index is 1.75. The number of unbranched alkanes of at least 4 members (excludes halogenated alkanes) is 1. The standard InChI is InChI=1S/C21H31N3O4S/c1-2-3-14-22-20(26)21(12-5-4-6-13-21)23-19(25)16-8-7-9-18(15-16)29(27,28)24-17-10-11-17/h7-9,15,17,24H,2-6,10-14H2,1H3,(H,22,26)(H,23,25). The maximum Gasteiger partial charge on any atom is 0.252 e. The van der Waals surface area contributed by atoms with E-state index in [0.29, 0.717) is 19.4 Å². The lowest BCUT2D eigenvalue weighted by Gasteiger charge is -2.36. The van der Waals surface area contributed by atoms with Gasteiger partial charge in [0.1, 0.15) is 5.54 Å². The molecule has 0 saturated heterocycles. The largest absolute Gasteiger partial charge is 0.354 e. The lowest BCUT2D eigenvalue weighted by molar-refractivity contribution is -0.128. The Labute approximate surface area is 173 Å². The summed E-state index contributed by atoms with van der Waals surface area (Å²) in [4.78, 5) is 25.9. The molecule has 0 unspecified atom stereocenters. The van der Waals surface area contributed by atoms with Crippen LogP contribution in [0.4, 0.5) is 0 Å². The maximum atomic E-state index is 13.0. The van der Waals surface area contributed by atoms with Crippen LogP contribution in [-0.4, -0.2) is 38.4 Å². The van der Waals surface area contributed by atoms with E-state index in [0.717, 1.165) is 44.9 Å². The molecule has 0 aromatic heterocycles. The quantitative estimate of drug-likeness (QED) is 0.533. The summed E-state index contributed by atoms with van der Waals surface area (Å²) in [6.07, 6.45) is 7.54. The molecule has 2 fully saturated rings. The monoisotopic (exact) mass is 421 g/mol. The predicted octanol–water partition coefficient (Wildman–Crippen LogP) is 2.48. The average molecular weight is 422 g/mol. The summed E-state index contributed by atoms with van der Waals surface area (Å²) in [7, 11) is -3.64. The molecular formula is C21H31N3O4S. The fourth-order valence-electron chi connectivity index (χ4n) is 3.69. The van der Waals surface area contributed by atoms with Crippen LogP contribution in [0.15, 0.2) is 29.2 Å². The average Bonchev–Trinajstić information content (AvgIpc) is 3.52. The zero-order valence-corrected chi connectivity index (χ0v) is 17.8. The van der Waals surface area contributed by atoms with E-state index in [1.807, 2.05) is 0 Å². The van der Waals surface area contributed by atoms with Crippen molar-refractivity contribution in [2.24, 2.45) is 0 Å². The molecule has 0 heterocycles. The number of sulfonamides is 1. The molecule has 0 bridgehead atoms. The molecule has 3 N–H and O–H groups in total. The zero-order chi connectivity index (χ0) is 20.9. The van der Waals surface area contributed by atoms with Gasteiger partial charge in [-0.25, -0.2) is 13.1 Å². The van der Waals surface area contributed by atoms with Crippen molar-refractivity contribution in [2.45, 2.75) is 81.2 Å². The fraction of sp³-hybridized carbons (Fsp3) is 0.619. The second-order valence-corrected chi connectivity index (χ2v) is 9.84. The Morgan fingerprint density at radius 3 is 2.52 bits per heavy atom. The SMILES string of the molecule is CCCCNC(=O)C1(NC(=O)c2cccc(S(=O)(=O)NC3CC3)c2)CCCCC1. The van der Waals surface area contributed by atoms with Gasteiger partial charge in [0.05, 0.1) is 4.90 Å². The third-order valence-corrected chi connectivity index (χ3v) is 7.13. The molecule has 7 nitrogen and oxygen atoms in total. The first-order chi connectivity index (χ1) is 13.9. The number of carbonyl (C=O) groups excluding carboxylic acids is 2. The number of hydrogen-bond acceptors (Lipinski definition) is 4. The summed E-state index contributed by atoms with van der Waals surface area (Å²) in [5.41, 5.74) is -0.681. The van der Waals surface area contributed by atoms with E-state index in [1.165, 1.54) is 12.1 Å². The van der Waals surface area contributed by atoms with Gasteiger partial charge in [0, 0.05) is 18.2 Å². The van der Waals surface area contributed by atoms with Crippen LogP contribution in [0.5, 0.6) is 0 Å². The first-order valence-corrected chi connectivity index (χ1v) is 12.1. The number of nitrogens with one attached hydrogen (secondary N) is 3. The highest BCUT2D eigenvalue weighted by molar-refractivity contribution is 7.89. The molecule has 0 atom stereocenters. The third-order valence-electron chi connectivity index (χ3n) is 5.62. The van der Waals surface area contributed by atoms with Crippen LogP contribution in [0.25, 0.3) is 0 Å². The van der Waals surface area contributed by atoms with E-state index in [-0.39, 0.29) is 22.4 Å². The second-order valence-electron chi connectivity index (χ2n) is 8.13. The minimum absolute atomic E-state index is 0.00481. The number of carbonyl (C=O) groups is 2. The Kier molecular flexibility index (Phi) is 6.95. The van der Waals surface area contributed by atoms with Crippen molar-refractivity contribution in [1.82, 2.24) is 15.4 Å². The molecule has 1 aromatic carbocycles. The maximum absolute atomic E-state index is 13.0. The molecule has 0 aliphatic heterocycles. The van der Waals surface area contributed by atoms with Gasteiger partial charge in [-0.05, 0) is 50.3 Å². The van der Waals surface area contributed by atoms with Crippen LogP contribution in [-0.2, 0) is 14.8 Å². The van der Waals surface area contributed by atoms with Crippen LogP contribution < -0.4 is 15.4 Å². The first-order valence-electron chi connectivity index (χ1n) is 10.6. The topological polar surface area (TPSA) is 104 Å². The van der Waals surface area contributed by atoms with E-state index in [9.17, 15) is 18.0 Å². The predicted molar refractivity (Wildman–Crippen MR) is 111 cm³/mol. The summed E-state index contributed by atoms with van der Waals surface area (Å²) >= 11 is 0. The smallest absolute Gasteiger partial charge is 0.252 e. The van der Waals surface area contributed by atoms with Gasteiger partial charge >= 0.3 is 0 Å². The molecule has 2 saturated carbocycles. The molecule has 8 heteroatoms. The summed E-state index contributed by atoms with van der Waals surface area (Å²) in [5, 5.41) is 5.90. The third kappa shape index (κ3) is 5.57. The van der Waals surface area contributed by atoms with Crippen molar-refractivity contribution in [1.29, 1.82) is 0 Å². The van der Waals surface area contributed by atoms with Gasteiger partial charge < -0.3 is 10.6 Å². The van der Waals surface area contributed by atoms with Gasteiger partial charge in [-0.2, -0.15) is 0 Å². The number of hydrogen-bond donors (Lipinski definition) is 3. The molecule has 2 aliphatic rings. The number of amides is 2. The summed E-state index contributed by atoms with van der Waals surface area (Å²) < 4.78 is 27.5. The lowest BCUT2D eigenvalue weighted by atomic mass is 9.80.